The number of hydrogen-bond acceptors (Lipinski definition) is 2. The van der Waals surface area contributed by atoms with Crippen molar-refractivity contribution in [2.75, 3.05) is 0 Å². The molecule has 35 heavy (non-hydrogen) atoms. The third kappa shape index (κ3) is 3.51. The Bertz CT molecular complexity index is 1510. The van der Waals surface area contributed by atoms with Gasteiger partial charge in [0.25, 0.3) is 0 Å². The largest absolute Gasteiger partial charge is 0.335 e. The molecule has 0 aliphatic rings. The van der Waals surface area contributed by atoms with Crippen LogP contribution >= 0.6 is 15.9 Å². The summed E-state index contributed by atoms with van der Waals surface area (Å²) in [7, 11) is 2.03. The standard InChI is InChI=1S/C30H23BrN4/c1-34-21-28(27-17-26(31)19-32-29(27)34)22-18-33-35(20-22)30(23-11-5-2-6-12-23,24-13-7-3-8-14-24)25-15-9-4-10-16-25/h2-21H,1H3. The summed E-state index contributed by atoms with van der Waals surface area (Å²) in [4.78, 5) is 4.61. The number of pyridine rings is 1. The Kier molecular flexibility index (Phi) is 5.34. The van der Waals surface area contributed by atoms with Crippen molar-refractivity contribution in [2.45, 2.75) is 5.54 Å². The highest BCUT2D eigenvalue weighted by Gasteiger charge is 2.39. The van der Waals surface area contributed by atoms with Crippen molar-refractivity contribution in [3.05, 3.63) is 143 Å². The molecule has 0 aliphatic heterocycles. The molecule has 0 atom stereocenters. The first-order valence-electron chi connectivity index (χ1n) is 11.5. The van der Waals surface area contributed by atoms with E-state index in [0.29, 0.717) is 0 Å². The first kappa shape index (κ1) is 21.6. The first-order chi connectivity index (χ1) is 17.2. The van der Waals surface area contributed by atoms with E-state index in [2.05, 4.69) is 140 Å². The topological polar surface area (TPSA) is 35.6 Å². The van der Waals surface area contributed by atoms with Gasteiger partial charge in [0, 0.05) is 46.6 Å². The molecule has 3 aromatic carbocycles. The Morgan fingerprint density at radius 2 is 1.26 bits per heavy atom. The predicted molar refractivity (Wildman–Crippen MR) is 144 cm³/mol. The zero-order valence-corrected chi connectivity index (χ0v) is 20.8. The fourth-order valence-corrected chi connectivity index (χ4v) is 5.38. The second-order valence-corrected chi connectivity index (χ2v) is 9.58. The lowest BCUT2D eigenvalue weighted by Gasteiger charge is -2.36. The lowest BCUT2D eigenvalue weighted by molar-refractivity contribution is 0.460. The van der Waals surface area contributed by atoms with E-state index in [1.807, 2.05) is 19.4 Å². The van der Waals surface area contributed by atoms with Gasteiger partial charge >= 0.3 is 0 Å². The van der Waals surface area contributed by atoms with Crippen LogP contribution in [0.4, 0.5) is 0 Å². The van der Waals surface area contributed by atoms with E-state index < -0.39 is 5.54 Å². The van der Waals surface area contributed by atoms with Gasteiger partial charge in [0.2, 0.25) is 0 Å². The minimum Gasteiger partial charge on any atom is -0.335 e. The van der Waals surface area contributed by atoms with Gasteiger partial charge in [-0.3, -0.25) is 4.68 Å². The summed E-state index contributed by atoms with van der Waals surface area (Å²) < 4.78 is 5.12. The molecule has 0 aliphatic carbocycles. The van der Waals surface area contributed by atoms with Gasteiger partial charge < -0.3 is 4.57 Å². The minimum absolute atomic E-state index is 0.633. The van der Waals surface area contributed by atoms with Gasteiger partial charge in [-0.15, -0.1) is 0 Å². The van der Waals surface area contributed by atoms with Gasteiger partial charge in [-0.2, -0.15) is 5.10 Å². The van der Waals surface area contributed by atoms with Crippen LogP contribution in [0.1, 0.15) is 16.7 Å². The SMILES string of the molecule is Cn1cc(-c2cnn(C(c3ccccc3)(c3ccccc3)c3ccccc3)c2)c2cc(Br)cnc21. The van der Waals surface area contributed by atoms with Gasteiger partial charge in [-0.25, -0.2) is 4.98 Å². The third-order valence-electron chi connectivity index (χ3n) is 6.59. The van der Waals surface area contributed by atoms with Crippen LogP contribution in [0.2, 0.25) is 0 Å². The number of benzene rings is 3. The molecule has 0 saturated heterocycles. The molecule has 170 valence electrons. The summed E-state index contributed by atoms with van der Waals surface area (Å²) in [5, 5.41) is 6.10. The normalized spacial score (nSPS) is 11.7. The molecule has 0 amide bonds. The number of hydrogen-bond donors (Lipinski definition) is 0. The monoisotopic (exact) mass is 518 g/mol. The lowest BCUT2D eigenvalue weighted by Crippen LogP contribution is -2.38. The highest BCUT2D eigenvalue weighted by molar-refractivity contribution is 9.10. The predicted octanol–water partition coefficient (Wildman–Crippen LogP) is 7.04. The molecule has 3 aromatic heterocycles. The van der Waals surface area contributed by atoms with E-state index >= 15 is 0 Å². The lowest BCUT2D eigenvalue weighted by atomic mass is 9.77. The van der Waals surface area contributed by atoms with E-state index in [9.17, 15) is 0 Å². The van der Waals surface area contributed by atoms with Crippen molar-refractivity contribution >= 4 is 27.0 Å². The summed E-state index contributed by atoms with van der Waals surface area (Å²) in [6, 6.07) is 33.9. The van der Waals surface area contributed by atoms with Gasteiger partial charge in [0.1, 0.15) is 11.2 Å². The minimum atomic E-state index is -0.633. The Morgan fingerprint density at radius 3 is 1.80 bits per heavy atom. The van der Waals surface area contributed by atoms with Crippen LogP contribution in [0.25, 0.3) is 22.2 Å². The summed E-state index contributed by atoms with van der Waals surface area (Å²) in [6.07, 6.45) is 8.07. The van der Waals surface area contributed by atoms with Crippen molar-refractivity contribution < 1.29 is 0 Å². The Morgan fingerprint density at radius 1 is 0.714 bits per heavy atom. The molecular formula is C30H23BrN4. The van der Waals surface area contributed by atoms with Gasteiger partial charge in [-0.1, -0.05) is 91.0 Å². The van der Waals surface area contributed by atoms with Crippen molar-refractivity contribution in [3.63, 3.8) is 0 Å². The van der Waals surface area contributed by atoms with Crippen LogP contribution in [0.15, 0.2) is 126 Å². The van der Waals surface area contributed by atoms with E-state index in [1.54, 1.807) is 0 Å². The Labute approximate surface area is 212 Å². The smallest absolute Gasteiger partial charge is 0.140 e. The maximum atomic E-state index is 5.01. The zero-order chi connectivity index (χ0) is 23.8. The molecule has 0 bridgehead atoms. The quantitative estimate of drug-likeness (QED) is 0.229. The van der Waals surface area contributed by atoms with Crippen LogP contribution in [-0.4, -0.2) is 19.3 Å². The Balaban J connectivity index is 1.64. The average Bonchev–Trinajstić information content (AvgIpc) is 3.51. The van der Waals surface area contributed by atoms with Gasteiger partial charge in [-0.05, 0) is 38.7 Å². The van der Waals surface area contributed by atoms with Gasteiger partial charge in [0.05, 0.1) is 6.20 Å². The molecule has 0 N–H and O–H groups in total. The maximum absolute atomic E-state index is 5.01. The van der Waals surface area contributed by atoms with Crippen LogP contribution < -0.4 is 0 Å². The highest BCUT2D eigenvalue weighted by Crippen LogP contribution is 2.41. The summed E-state index contributed by atoms with van der Waals surface area (Å²) in [5.41, 5.74) is 5.90. The van der Waals surface area contributed by atoms with Crippen LogP contribution in [-0.2, 0) is 12.6 Å². The molecule has 0 saturated carbocycles. The third-order valence-corrected chi connectivity index (χ3v) is 7.03. The highest BCUT2D eigenvalue weighted by atomic mass is 79.9. The molecule has 0 radical (unpaired) electrons. The van der Waals surface area contributed by atoms with Crippen molar-refractivity contribution in [1.29, 1.82) is 0 Å². The van der Waals surface area contributed by atoms with E-state index in [0.717, 1.165) is 43.3 Å². The molecule has 0 unspecified atom stereocenters. The van der Waals surface area contributed by atoms with Crippen LogP contribution in [0, 0.1) is 0 Å². The molecule has 0 spiro atoms. The fourth-order valence-electron chi connectivity index (χ4n) is 5.05. The second kappa shape index (κ2) is 8.67. The average molecular weight is 519 g/mol. The summed E-state index contributed by atoms with van der Waals surface area (Å²) in [5.74, 6) is 0. The summed E-state index contributed by atoms with van der Waals surface area (Å²) in [6.45, 7) is 0. The number of rotatable bonds is 5. The maximum Gasteiger partial charge on any atom is 0.140 e. The number of fused-ring (bicyclic) bond motifs is 1. The van der Waals surface area contributed by atoms with Crippen molar-refractivity contribution in [1.82, 2.24) is 19.3 Å². The first-order valence-corrected chi connectivity index (χ1v) is 12.3. The van der Waals surface area contributed by atoms with Crippen LogP contribution in [0.5, 0.6) is 0 Å². The molecule has 6 rings (SSSR count). The van der Waals surface area contributed by atoms with Crippen molar-refractivity contribution in [3.8, 4) is 11.1 Å². The number of aryl methyl sites for hydroxylation is 1. The number of halogens is 1. The molecule has 4 nitrogen and oxygen atoms in total. The van der Waals surface area contributed by atoms with E-state index in [1.165, 1.54) is 0 Å². The number of aromatic nitrogens is 4. The van der Waals surface area contributed by atoms with Gasteiger partial charge in [0.15, 0.2) is 0 Å². The summed E-state index contributed by atoms with van der Waals surface area (Å²) >= 11 is 3.58. The molecular weight excluding hydrogens is 496 g/mol. The van der Waals surface area contributed by atoms with Crippen molar-refractivity contribution in [2.24, 2.45) is 7.05 Å². The van der Waals surface area contributed by atoms with E-state index in [-0.39, 0.29) is 0 Å². The molecule has 5 heteroatoms. The number of nitrogens with zero attached hydrogens (tertiary/aromatic N) is 4. The van der Waals surface area contributed by atoms with Crippen LogP contribution in [0.3, 0.4) is 0 Å². The fraction of sp³-hybridized carbons (Fsp3) is 0.0667. The van der Waals surface area contributed by atoms with E-state index in [4.69, 9.17) is 5.10 Å². The Hall–Kier alpha value is -3.96. The molecule has 0 fully saturated rings. The molecule has 6 aromatic rings. The second-order valence-electron chi connectivity index (χ2n) is 8.66. The molecule has 3 heterocycles. The zero-order valence-electron chi connectivity index (χ0n) is 19.2.